The molecule has 122 valence electrons. The van der Waals surface area contributed by atoms with E-state index in [-0.39, 0.29) is 11.6 Å². The van der Waals surface area contributed by atoms with Crippen LogP contribution in [0.5, 0.6) is 0 Å². The van der Waals surface area contributed by atoms with Gasteiger partial charge in [-0.15, -0.1) is 0 Å². The summed E-state index contributed by atoms with van der Waals surface area (Å²) in [5.74, 6) is 0.783. The van der Waals surface area contributed by atoms with Crippen LogP contribution in [-0.2, 0) is 9.53 Å². The largest absolute Gasteiger partial charge is 0.459 e. The van der Waals surface area contributed by atoms with Crippen molar-refractivity contribution >= 4 is 5.97 Å². The predicted octanol–water partition coefficient (Wildman–Crippen LogP) is 2.57. The molecule has 0 amide bonds. The molecule has 1 atom stereocenters. The maximum atomic E-state index is 11.9. The van der Waals surface area contributed by atoms with Gasteiger partial charge in [-0.25, -0.2) is 0 Å². The summed E-state index contributed by atoms with van der Waals surface area (Å²) in [6.45, 7) is 9.35. The molecule has 0 bridgehead atoms. The summed E-state index contributed by atoms with van der Waals surface area (Å²) < 4.78 is 5.42. The molecule has 4 heteroatoms. The van der Waals surface area contributed by atoms with Gasteiger partial charge < -0.3 is 10.1 Å². The number of carbonyl (C=O) groups is 1. The van der Waals surface area contributed by atoms with Crippen LogP contribution in [0.4, 0.5) is 0 Å². The van der Waals surface area contributed by atoms with Crippen LogP contribution >= 0.6 is 0 Å². The molecule has 4 nitrogen and oxygen atoms in total. The molecule has 21 heavy (non-hydrogen) atoms. The number of esters is 1. The van der Waals surface area contributed by atoms with Crippen molar-refractivity contribution in [2.24, 2.45) is 5.92 Å². The Morgan fingerprint density at radius 3 is 2.57 bits per heavy atom. The zero-order valence-corrected chi connectivity index (χ0v) is 14.0. The zero-order valence-electron chi connectivity index (χ0n) is 14.0. The van der Waals surface area contributed by atoms with E-state index in [4.69, 9.17) is 4.74 Å². The monoisotopic (exact) mass is 296 g/mol. The van der Waals surface area contributed by atoms with Gasteiger partial charge in [-0.1, -0.05) is 12.8 Å². The minimum atomic E-state index is -0.382. The van der Waals surface area contributed by atoms with E-state index in [0.717, 1.165) is 25.6 Å². The van der Waals surface area contributed by atoms with Crippen LogP contribution in [0.3, 0.4) is 0 Å². The summed E-state index contributed by atoms with van der Waals surface area (Å²) in [4.78, 5) is 14.2. The Balaban J connectivity index is 1.68. The van der Waals surface area contributed by atoms with Gasteiger partial charge >= 0.3 is 5.97 Å². The van der Waals surface area contributed by atoms with Crippen molar-refractivity contribution in [3.05, 3.63) is 0 Å². The minimum absolute atomic E-state index is 0.0982. The fourth-order valence-electron chi connectivity index (χ4n) is 3.47. The van der Waals surface area contributed by atoms with Crippen molar-refractivity contribution in [1.29, 1.82) is 0 Å². The molecule has 1 aliphatic heterocycles. The van der Waals surface area contributed by atoms with Crippen LogP contribution in [0.25, 0.3) is 0 Å². The van der Waals surface area contributed by atoms with Gasteiger partial charge in [-0.05, 0) is 65.5 Å². The highest BCUT2D eigenvalue weighted by molar-refractivity contribution is 5.72. The normalized spacial score (nSPS) is 25.2. The van der Waals surface area contributed by atoms with E-state index in [0.29, 0.717) is 12.6 Å². The van der Waals surface area contributed by atoms with E-state index in [1.807, 2.05) is 20.8 Å². The summed E-state index contributed by atoms with van der Waals surface area (Å²) >= 11 is 0. The fraction of sp³-hybridized carbons (Fsp3) is 0.941. The summed E-state index contributed by atoms with van der Waals surface area (Å²) in [5, 5.41) is 3.72. The Bertz CT molecular complexity index is 332. The molecule has 0 spiro atoms. The Morgan fingerprint density at radius 1 is 1.19 bits per heavy atom. The standard InChI is InChI=1S/C17H32N2O2/c1-17(2,3)21-16(20)13-19-10-6-9-15(12-19)18-11-14-7-4-5-8-14/h14-15,18H,4-13H2,1-3H3. The molecular weight excluding hydrogens is 264 g/mol. The number of piperidine rings is 1. The lowest BCUT2D eigenvalue weighted by Crippen LogP contribution is -2.48. The van der Waals surface area contributed by atoms with E-state index in [1.54, 1.807) is 0 Å². The lowest BCUT2D eigenvalue weighted by molar-refractivity contribution is -0.156. The average molecular weight is 296 g/mol. The third-order valence-electron chi connectivity index (χ3n) is 4.45. The molecule has 1 aliphatic carbocycles. The average Bonchev–Trinajstić information content (AvgIpc) is 2.87. The number of hydrogen-bond acceptors (Lipinski definition) is 4. The van der Waals surface area contributed by atoms with Gasteiger partial charge in [0.05, 0.1) is 6.54 Å². The first kappa shape index (κ1) is 16.8. The number of likely N-dealkylation sites (tertiary alicyclic amines) is 1. The third kappa shape index (κ3) is 6.35. The van der Waals surface area contributed by atoms with Crippen LogP contribution in [0.15, 0.2) is 0 Å². The number of hydrogen-bond donors (Lipinski definition) is 1. The Hall–Kier alpha value is -0.610. The van der Waals surface area contributed by atoms with Gasteiger partial charge in [-0.3, -0.25) is 9.69 Å². The molecule has 1 saturated carbocycles. The molecule has 1 unspecified atom stereocenters. The molecular formula is C17H32N2O2. The molecule has 2 rings (SSSR count). The Labute approximate surface area is 129 Å². The number of nitrogens with one attached hydrogen (secondary N) is 1. The third-order valence-corrected chi connectivity index (χ3v) is 4.45. The number of rotatable bonds is 5. The Morgan fingerprint density at radius 2 is 1.90 bits per heavy atom. The van der Waals surface area contributed by atoms with Gasteiger partial charge in [-0.2, -0.15) is 0 Å². The van der Waals surface area contributed by atoms with Crippen molar-refractivity contribution in [2.45, 2.75) is 70.9 Å². The van der Waals surface area contributed by atoms with Crippen molar-refractivity contribution in [3.8, 4) is 0 Å². The summed E-state index contributed by atoms with van der Waals surface area (Å²) in [5.41, 5.74) is -0.382. The second kappa shape index (κ2) is 7.59. The van der Waals surface area contributed by atoms with Crippen molar-refractivity contribution < 1.29 is 9.53 Å². The highest BCUT2D eigenvalue weighted by Crippen LogP contribution is 2.24. The SMILES string of the molecule is CC(C)(C)OC(=O)CN1CCCC(NCC2CCCC2)C1. The van der Waals surface area contributed by atoms with E-state index in [9.17, 15) is 4.79 Å². The molecule has 1 saturated heterocycles. The molecule has 2 fully saturated rings. The van der Waals surface area contributed by atoms with E-state index < -0.39 is 0 Å². The molecule has 0 aromatic rings. The smallest absolute Gasteiger partial charge is 0.320 e. The first-order valence-corrected chi connectivity index (χ1v) is 8.60. The highest BCUT2D eigenvalue weighted by atomic mass is 16.6. The topological polar surface area (TPSA) is 41.6 Å². The maximum Gasteiger partial charge on any atom is 0.320 e. The molecule has 1 heterocycles. The fourth-order valence-corrected chi connectivity index (χ4v) is 3.47. The summed E-state index contributed by atoms with van der Waals surface area (Å²) in [6.07, 6.45) is 7.99. The lowest BCUT2D eigenvalue weighted by Gasteiger charge is -2.33. The Kier molecular flexibility index (Phi) is 6.06. The second-order valence-electron chi connectivity index (χ2n) is 7.72. The maximum absolute atomic E-state index is 11.9. The number of ether oxygens (including phenoxy) is 1. The predicted molar refractivity (Wildman–Crippen MR) is 85.3 cm³/mol. The van der Waals surface area contributed by atoms with E-state index in [1.165, 1.54) is 38.5 Å². The van der Waals surface area contributed by atoms with Crippen LogP contribution in [0.1, 0.15) is 59.3 Å². The van der Waals surface area contributed by atoms with Crippen LogP contribution < -0.4 is 5.32 Å². The number of nitrogens with zero attached hydrogens (tertiary/aromatic N) is 1. The quantitative estimate of drug-likeness (QED) is 0.792. The van der Waals surface area contributed by atoms with Gasteiger partial charge in [0, 0.05) is 12.6 Å². The first-order valence-electron chi connectivity index (χ1n) is 8.60. The van der Waals surface area contributed by atoms with Crippen molar-refractivity contribution in [1.82, 2.24) is 10.2 Å². The summed E-state index contributed by atoms with van der Waals surface area (Å²) in [6, 6.07) is 0.543. The van der Waals surface area contributed by atoms with Gasteiger partial charge in [0.2, 0.25) is 0 Å². The van der Waals surface area contributed by atoms with Crippen LogP contribution in [0, 0.1) is 5.92 Å². The molecule has 2 aliphatic rings. The second-order valence-corrected chi connectivity index (χ2v) is 7.72. The van der Waals surface area contributed by atoms with Crippen molar-refractivity contribution in [3.63, 3.8) is 0 Å². The molecule has 0 aromatic carbocycles. The van der Waals surface area contributed by atoms with E-state index >= 15 is 0 Å². The van der Waals surface area contributed by atoms with Gasteiger partial charge in [0.25, 0.3) is 0 Å². The van der Waals surface area contributed by atoms with Gasteiger partial charge in [0.15, 0.2) is 0 Å². The molecule has 0 radical (unpaired) electrons. The highest BCUT2D eigenvalue weighted by Gasteiger charge is 2.25. The van der Waals surface area contributed by atoms with E-state index in [2.05, 4.69) is 10.2 Å². The lowest BCUT2D eigenvalue weighted by atomic mass is 10.0. The van der Waals surface area contributed by atoms with Crippen molar-refractivity contribution in [2.75, 3.05) is 26.2 Å². The first-order chi connectivity index (χ1) is 9.92. The molecule has 0 aromatic heterocycles. The zero-order chi connectivity index (χ0) is 15.3. The van der Waals surface area contributed by atoms with Gasteiger partial charge in [0.1, 0.15) is 5.60 Å². The van der Waals surface area contributed by atoms with Crippen LogP contribution in [0.2, 0.25) is 0 Å². The number of carbonyl (C=O) groups excluding carboxylic acids is 1. The molecule has 1 N–H and O–H groups in total. The minimum Gasteiger partial charge on any atom is -0.459 e. The van der Waals surface area contributed by atoms with Crippen LogP contribution in [-0.4, -0.2) is 48.7 Å². The summed E-state index contributed by atoms with van der Waals surface area (Å²) in [7, 11) is 0.